The SMILES string of the molecule is CCc1nnsc1-c1nc2nccc(C(=O)O)c2[nH]1. The molecule has 0 amide bonds. The van der Waals surface area contributed by atoms with E-state index in [2.05, 4.69) is 24.5 Å². The number of rotatable bonds is 3. The zero-order chi connectivity index (χ0) is 13.4. The number of aromatic carboxylic acids is 1. The molecule has 8 heteroatoms. The fourth-order valence-corrected chi connectivity index (χ4v) is 2.51. The van der Waals surface area contributed by atoms with Crippen LogP contribution in [0, 0.1) is 0 Å². The van der Waals surface area contributed by atoms with E-state index < -0.39 is 5.97 Å². The van der Waals surface area contributed by atoms with Crippen LogP contribution in [0.2, 0.25) is 0 Å². The van der Waals surface area contributed by atoms with Gasteiger partial charge in [0.25, 0.3) is 0 Å². The Morgan fingerprint density at radius 3 is 3.11 bits per heavy atom. The number of carboxylic acid groups (broad SMARTS) is 1. The first kappa shape index (κ1) is 11.7. The number of aryl methyl sites for hydroxylation is 1. The molecule has 19 heavy (non-hydrogen) atoms. The minimum absolute atomic E-state index is 0.152. The van der Waals surface area contributed by atoms with Crippen LogP contribution in [0.3, 0.4) is 0 Å². The molecule has 96 valence electrons. The van der Waals surface area contributed by atoms with Crippen LogP contribution in [0.4, 0.5) is 0 Å². The predicted molar refractivity (Wildman–Crippen MR) is 69.1 cm³/mol. The van der Waals surface area contributed by atoms with Crippen molar-refractivity contribution < 1.29 is 9.90 Å². The molecule has 0 aliphatic carbocycles. The molecule has 2 N–H and O–H groups in total. The lowest BCUT2D eigenvalue weighted by atomic mass is 10.2. The lowest BCUT2D eigenvalue weighted by Crippen LogP contribution is -1.97. The highest BCUT2D eigenvalue weighted by atomic mass is 32.1. The van der Waals surface area contributed by atoms with Crippen molar-refractivity contribution >= 4 is 28.7 Å². The Kier molecular flexibility index (Phi) is 2.71. The van der Waals surface area contributed by atoms with Gasteiger partial charge in [-0.3, -0.25) is 0 Å². The number of carbonyl (C=O) groups is 1. The maximum atomic E-state index is 11.1. The number of imidazole rings is 1. The van der Waals surface area contributed by atoms with E-state index in [0.717, 1.165) is 17.0 Å². The number of fused-ring (bicyclic) bond motifs is 1. The molecule has 0 saturated carbocycles. The largest absolute Gasteiger partial charge is 0.478 e. The zero-order valence-electron chi connectivity index (χ0n) is 9.91. The van der Waals surface area contributed by atoms with Crippen molar-refractivity contribution in [3.63, 3.8) is 0 Å². The average molecular weight is 275 g/mol. The van der Waals surface area contributed by atoms with Crippen molar-refractivity contribution in [1.29, 1.82) is 0 Å². The van der Waals surface area contributed by atoms with Crippen molar-refractivity contribution in [2.75, 3.05) is 0 Å². The summed E-state index contributed by atoms with van der Waals surface area (Å²) in [5.74, 6) is -0.455. The first-order valence-corrected chi connectivity index (χ1v) is 6.37. The molecule has 0 bridgehead atoms. The van der Waals surface area contributed by atoms with Gasteiger partial charge in [0.2, 0.25) is 0 Å². The van der Waals surface area contributed by atoms with Gasteiger partial charge in [-0.25, -0.2) is 14.8 Å². The molecule has 0 saturated heterocycles. The van der Waals surface area contributed by atoms with Gasteiger partial charge in [0.05, 0.1) is 16.8 Å². The van der Waals surface area contributed by atoms with E-state index in [9.17, 15) is 4.79 Å². The summed E-state index contributed by atoms with van der Waals surface area (Å²) in [6.07, 6.45) is 2.17. The molecule has 0 fully saturated rings. The van der Waals surface area contributed by atoms with Crippen molar-refractivity contribution in [2.45, 2.75) is 13.3 Å². The number of nitrogens with zero attached hydrogens (tertiary/aromatic N) is 4. The molecule has 3 rings (SSSR count). The molecule has 3 heterocycles. The van der Waals surface area contributed by atoms with Gasteiger partial charge in [0, 0.05) is 6.20 Å². The van der Waals surface area contributed by atoms with Crippen LogP contribution in [0.1, 0.15) is 23.0 Å². The Bertz CT molecular complexity index is 763. The number of carboxylic acids is 1. The van der Waals surface area contributed by atoms with E-state index in [1.165, 1.54) is 23.8 Å². The lowest BCUT2D eigenvalue weighted by molar-refractivity contribution is 0.0699. The predicted octanol–water partition coefficient (Wildman–Crippen LogP) is 1.74. The van der Waals surface area contributed by atoms with Crippen LogP contribution in [0.15, 0.2) is 12.3 Å². The normalized spacial score (nSPS) is 11.0. The molecule has 0 radical (unpaired) electrons. The van der Waals surface area contributed by atoms with Crippen molar-refractivity contribution in [1.82, 2.24) is 24.5 Å². The summed E-state index contributed by atoms with van der Waals surface area (Å²) in [7, 11) is 0. The minimum Gasteiger partial charge on any atom is -0.478 e. The quantitative estimate of drug-likeness (QED) is 0.754. The number of H-pyrrole nitrogens is 1. The second-order valence-electron chi connectivity index (χ2n) is 3.85. The zero-order valence-corrected chi connectivity index (χ0v) is 10.7. The first-order valence-electron chi connectivity index (χ1n) is 5.60. The summed E-state index contributed by atoms with van der Waals surface area (Å²) >= 11 is 1.23. The Morgan fingerprint density at radius 1 is 1.53 bits per heavy atom. The molecule has 0 atom stereocenters. The van der Waals surface area contributed by atoms with Crippen LogP contribution < -0.4 is 0 Å². The third kappa shape index (κ3) is 1.85. The number of nitrogens with one attached hydrogen (secondary N) is 1. The van der Waals surface area contributed by atoms with E-state index in [1.54, 1.807) is 0 Å². The number of hydrogen-bond acceptors (Lipinski definition) is 6. The van der Waals surface area contributed by atoms with Crippen molar-refractivity contribution in [3.05, 3.63) is 23.5 Å². The van der Waals surface area contributed by atoms with Crippen LogP contribution in [0.5, 0.6) is 0 Å². The molecule has 0 unspecified atom stereocenters. The van der Waals surface area contributed by atoms with Gasteiger partial charge < -0.3 is 10.1 Å². The summed E-state index contributed by atoms with van der Waals surface area (Å²) in [5, 5.41) is 13.1. The molecular weight excluding hydrogens is 266 g/mol. The van der Waals surface area contributed by atoms with E-state index >= 15 is 0 Å². The monoisotopic (exact) mass is 275 g/mol. The third-order valence-electron chi connectivity index (χ3n) is 2.73. The average Bonchev–Trinajstić information content (AvgIpc) is 3.03. The summed E-state index contributed by atoms with van der Waals surface area (Å²) in [4.78, 5) is 23.3. The maximum Gasteiger partial charge on any atom is 0.338 e. The standard InChI is InChI=1S/C11H9N5O2S/c1-2-6-8(19-16-15-6)10-13-7-5(11(17)18)3-4-12-9(7)14-10/h3-4H,2H2,1H3,(H,17,18)(H,12,13,14). The van der Waals surface area contributed by atoms with Crippen LogP contribution in [-0.4, -0.2) is 35.6 Å². The number of pyridine rings is 1. The van der Waals surface area contributed by atoms with Crippen molar-refractivity contribution in [2.24, 2.45) is 0 Å². The van der Waals surface area contributed by atoms with Gasteiger partial charge in [-0.1, -0.05) is 11.4 Å². The molecular formula is C11H9N5O2S. The van der Waals surface area contributed by atoms with Gasteiger partial charge in [0.15, 0.2) is 11.5 Å². The van der Waals surface area contributed by atoms with Gasteiger partial charge in [-0.15, -0.1) is 5.10 Å². The molecule has 0 spiro atoms. The highest BCUT2D eigenvalue weighted by Crippen LogP contribution is 2.26. The van der Waals surface area contributed by atoms with Gasteiger partial charge in [0.1, 0.15) is 4.88 Å². The summed E-state index contributed by atoms with van der Waals surface area (Å²) in [6.45, 7) is 1.98. The van der Waals surface area contributed by atoms with Crippen LogP contribution in [0.25, 0.3) is 21.9 Å². The number of hydrogen-bond donors (Lipinski definition) is 2. The van der Waals surface area contributed by atoms with E-state index in [0.29, 0.717) is 17.0 Å². The molecule has 3 aromatic rings. The van der Waals surface area contributed by atoms with E-state index in [-0.39, 0.29) is 5.56 Å². The van der Waals surface area contributed by atoms with Gasteiger partial charge >= 0.3 is 5.97 Å². The Morgan fingerprint density at radius 2 is 2.37 bits per heavy atom. The second-order valence-corrected chi connectivity index (χ2v) is 4.60. The second kappa shape index (κ2) is 4.39. The Hall–Kier alpha value is -2.35. The fourth-order valence-electron chi connectivity index (χ4n) is 1.82. The Labute approximate surface area is 111 Å². The highest BCUT2D eigenvalue weighted by molar-refractivity contribution is 7.09. The number of aromatic amines is 1. The van der Waals surface area contributed by atoms with Gasteiger partial charge in [-0.2, -0.15) is 0 Å². The van der Waals surface area contributed by atoms with Gasteiger partial charge in [-0.05, 0) is 24.0 Å². The molecule has 3 aromatic heterocycles. The molecule has 0 aliphatic rings. The van der Waals surface area contributed by atoms with E-state index in [4.69, 9.17) is 5.11 Å². The number of aromatic nitrogens is 5. The molecule has 0 aromatic carbocycles. The lowest BCUT2D eigenvalue weighted by Gasteiger charge is -1.94. The molecule has 0 aliphatic heterocycles. The third-order valence-corrected chi connectivity index (χ3v) is 3.50. The maximum absolute atomic E-state index is 11.1. The first-order chi connectivity index (χ1) is 9.20. The smallest absolute Gasteiger partial charge is 0.338 e. The summed E-state index contributed by atoms with van der Waals surface area (Å²) in [5.41, 5.74) is 1.78. The summed E-state index contributed by atoms with van der Waals surface area (Å²) < 4.78 is 3.89. The summed E-state index contributed by atoms with van der Waals surface area (Å²) in [6, 6.07) is 1.44. The minimum atomic E-state index is -1.01. The topological polar surface area (TPSA) is 105 Å². The molecule has 7 nitrogen and oxygen atoms in total. The van der Waals surface area contributed by atoms with E-state index in [1.807, 2.05) is 6.92 Å². The van der Waals surface area contributed by atoms with Crippen LogP contribution >= 0.6 is 11.5 Å². The Balaban J connectivity index is 2.22. The van der Waals surface area contributed by atoms with Crippen LogP contribution in [-0.2, 0) is 6.42 Å². The highest BCUT2D eigenvalue weighted by Gasteiger charge is 2.17. The fraction of sp³-hybridized carbons (Fsp3) is 0.182. The van der Waals surface area contributed by atoms with Crippen molar-refractivity contribution in [3.8, 4) is 10.7 Å².